The number of benzene rings is 2. The van der Waals surface area contributed by atoms with Crippen molar-refractivity contribution in [2.24, 2.45) is 0 Å². The number of hydrogen-bond donors (Lipinski definition) is 3. The molecule has 3 amide bonds. The molecule has 0 bridgehead atoms. The molecule has 3 N–H and O–H groups in total. The van der Waals surface area contributed by atoms with Crippen molar-refractivity contribution in [1.82, 2.24) is 0 Å². The number of para-hydroxylation sites is 4. The van der Waals surface area contributed by atoms with E-state index in [9.17, 15) is 14.4 Å². The minimum atomic E-state index is -0.281. The van der Waals surface area contributed by atoms with Crippen molar-refractivity contribution < 1.29 is 24.0 Å². The molecule has 0 saturated carbocycles. The van der Waals surface area contributed by atoms with Gasteiger partial charge in [-0.3, -0.25) is 14.4 Å². The summed E-state index contributed by atoms with van der Waals surface area (Å²) in [5, 5.41) is 5.71. The van der Waals surface area contributed by atoms with Crippen molar-refractivity contribution in [3.63, 3.8) is 0 Å². The predicted octanol–water partition coefficient (Wildman–Crippen LogP) is 1.30. The predicted molar refractivity (Wildman–Crippen MR) is 119 cm³/mol. The number of carbonyl (C=O) groups excluding carboxylic acids is 3. The molecule has 0 spiro atoms. The average molecular weight is 426 g/mol. The average Bonchev–Trinajstić information content (AvgIpc) is 2.87. The van der Waals surface area contributed by atoms with Crippen LogP contribution in [0.5, 0.6) is 5.75 Å². The van der Waals surface area contributed by atoms with Gasteiger partial charge in [0, 0.05) is 12.5 Å². The van der Waals surface area contributed by atoms with E-state index in [1.807, 2.05) is 44.2 Å². The fourth-order valence-corrected chi connectivity index (χ4v) is 3.75. The van der Waals surface area contributed by atoms with Gasteiger partial charge < -0.3 is 25.2 Å². The number of likely N-dealkylation sites (N-methyl/N-ethyl adjacent to an activating group) is 1. The zero-order valence-corrected chi connectivity index (χ0v) is 18.1. The zero-order valence-electron chi connectivity index (χ0n) is 18.1. The smallest absolute Gasteiger partial charge is 0.282 e. The lowest BCUT2D eigenvalue weighted by molar-refractivity contribution is -0.881. The number of fused-ring (bicyclic) bond motifs is 1. The Balaban J connectivity index is 1.70. The molecule has 31 heavy (non-hydrogen) atoms. The summed E-state index contributed by atoms with van der Waals surface area (Å²) in [6.07, 6.45) is 0.218. The van der Waals surface area contributed by atoms with Crippen LogP contribution in [-0.4, -0.2) is 50.5 Å². The van der Waals surface area contributed by atoms with Gasteiger partial charge in [-0.05, 0) is 38.1 Å². The molecule has 164 valence electrons. The van der Waals surface area contributed by atoms with Gasteiger partial charge in [-0.2, -0.15) is 0 Å². The van der Waals surface area contributed by atoms with E-state index in [-0.39, 0.29) is 43.3 Å². The SMILES string of the molecule is CC[NH+](CC(=O)Nc1ccccc1OC)CC(=O)N1c2ccccc2NC(=O)C[C@@H]1C. The molecule has 2 aromatic carbocycles. The highest BCUT2D eigenvalue weighted by atomic mass is 16.5. The molecule has 1 heterocycles. The molecule has 0 aliphatic carbocycles. The summed E-state index contributed by atoms with van der Waals surface area (Å²) in [5.74, 6) is 0.136. The molecule has 8 nitrogen and oxygen atoms in total. The third kappa shape index (κ3) is 5.40. The molecule has 1 unspecified atom stereocenters. The van der Waals surface area contributed by atoms with Crippen LogP contribution in [0.25, 0.3) is 0 Å². The fraction of sp³-hybridized carbons (Fsp3) is 0.348. The highest BCUT2D eigenvalue weighted by Crippen LogP contribution is 2.31. The topological polar surface area (TPSA) is 92.2 Å². The maximum Gasteiger partial charge on any atom is 0.282 e. The van der Waals surface area contributed by atoms with Crippen LogP contribution in [-0.2, 0) is 14.4 Å². The quantitative estimate of drug-likeness (QED) is 0.624. The molecule has 0 radical (unpaired) electrons. The van der Waals surface area contributed by atoms with Crippen molar-refractivity contribution in [2.75, 3.05) is 42.3 Å². The first kappa shape index (κ1) is 22.3. The van der Waals surface area contributed by atoms with Gasteiger partial charge in [-0.1, -0.05) is 24.3 Å². The number of quaternary nitrogens is 1. The van der Waals surface area contributed by atoms with E-state index in [4.69, 9.17) is 4.74 Å². The summed E-state index contributed by atoms with van der Waals surface area (Å²) in [6, 6.07) is 14.2. The maximum atomic E-state index is 13.3. The van der Waals surface area contributed by atoms with Crippen molar-refractivity contribution in [3.8, 4) is 5.75 Å². The van der Waals surface area contributed by atoms with Crippen molar-refractivity contribution in [2.45, 2.75) is 26.3 Å². The van der Waals surface area contributed by atoms with Crippen LogP contribution in [0.3, 0.4) is 0 Å². The van der Waals surface area contributed by atoms with Gasteiger partial charge in [-0.25, -0.2) is 0 Å². The van der Waals surface area contributed by atoms with Crippen LogP contribution in [0.15, 0.2) is 48.5 Å². The second-order valence-electron chi connectivity index (χ2n) is 7.59. The second kappa shape index (κ2) is 10.1. The molecular weight excluding hydrogens is 396 g/mol. The molecule has 0 aromatic heterocycles. The van der Waals surface area contributed by atoms with Crippen LogP contribution in [0.1, 0.15) is 20.3 Å². The van der Waals surface area contributed by atoms with E-state index in [1.54, 1.807) is 30.2 Å². The molecule has 1 aliphatic rings. The summed E-state index contributed by atoms with van der Waals surface area (Å²) in [4.78, 5) is 40.5. The largest absolute Gasteiger partial charge is 0.495 e. The van der Waals surface area contributed by atoms with Gasteiger partial charge in [-0.15, -0.1) is 0 Å². The number of nitrogens with one attached hydrogen (secondary N) is 3. The Morgan fingerprint density at radius 1 is 1.16 bits per heavy atom. The lowest BCUT2D eigenvalue weighted by Gasteiger charge is -2.29. The Bertz CT molecular complexity index is 962. The highest BCUT2D eigenvalue weighted by Gasteiger charge is 2.31. The Morgan fingerprint density at radius 2 is 1.87 bits per heavy atom. The number of methoxy groups -OCH3 is 1. The molecule has 2 atom stereocenters. The van der Waals surface area contributed by atoms with Crippen LogP contribution in [0, 0.1) is 0 Å². The highest BCUT2D eigenvalue weighted by molar-refractivity contribution is 6.04. The summed E-state index contributed by atoms with van der Waals surface area (Å²) in [6.45, 7) is 4.68. The summed E-state index contributed by atoms with van der Waals surface area (Å²) in [7, 11) is 1.55. The van der Waals surface area contributed by atoms with E-state index in [0.717, 1.165) is 4.90 Å². The number of anilines is 3. The third-order valence-corrected chi connectivity index (χ3v) is 5.32. The Morgan fingerprint density at radius 3 is 2.61 bits per heavy atom. The molecule has 2 aromatic rings. The number of amides is 3. The van der Waals surface area contributed by atoms with E-state index >= 15 is 0 Å². The van der Waals surface area contributed by atoms with Gasteiger partial charge in [0.2, 0.25) is 5.91 Å². The van der Waals surface area contributed by atoms with E-state index in [2.05, 4.69) is 10.6 Å². The van der Waals surface area contributed by atoms with Crippen LogP contribution < -0.4 is 25.2 Å². The molecule has 1 aliphatic heterocycles. The standard InChI is InChI=1S/C23H28N4O4/c1-4-26(14-22(29)25-18-10-6-8-12-20(18)31-3)15-23(30)27-16(2)13-21(28)24-17-9-5-7-11-19(17)27/h5-12,16H,4,13-15H2,1-3H3,(H,24,28)(H,25,29)/p+1/t16-/m0/s1. The Labute approximate surface area is 182 Å². The molecule has 0 fully saturated rings. The first-order valence-electron chi connectivity index (χ1n) is 10.4. The first-order valence-corrected chi connectivity index (χ1v) is 10.4. The minimum absolute atomic E-state index is 0.119. The normalized spacial score (nSPS) is 16.5. The molecule has 0 saturated heterocycles. The second-order valence-corrected chi connectivity index (χ2v) is 7.59. The van der Waals surface area contributed by atoms with Crippen molar-refractivity contribution in [1.29, 1.82) is 0 Å². The number of nitrogens with zero attached hydrogens (tertiary/aromatic N) is 1. The number of ether oxygens (including phenoxy) is 1. The van der Waals surface area contributed by atoms with Gasteiger partial charge in [0.05, 0.1) is 30.7 Å². The van der Waals surface area contributed by atoms with E-state index in [0.29, 0.717) is 29.4 Å². The number of rotatable bonds is 7. The monoisotopic (exact) mass is 425 g/mol. The van der Waals surface area contributed by atoms with Crippen LogP contribution in [0.2, 0.25) is 0 Å². The van der Waals surface area contributed by atoms with Gasteiger partial charge in [0.25, 0.3) is 11.8 Å². The lowest BCUT2D eigenvalue weighted by atomic mass is 10.1. The lowest BCUT2D eigenvalue weighted by Crippen LogP contribution is -3.14. The molecule has 8 heteroatoms. The number of hydrogen-bond acceptors (Lipinski definition) is 4. The summed E-state index contributed by atoms with van der Waals surface area (Å²) >= 11 is 0. The maximum absolute atomic E-state index is 13.3. The Kier molecular flexibility index (Phi) is 7.25. The zero-order chi connectivity index (χ0) is 22.4. The van der Waals surface area contributed by atoms with E-state index < -0.39 is 0 Å². The number of carbonyl (C=O) groups is 3. The minimum Gasteiger partial charge on any atom is -0.495 e. The van der Waals surface area contributed by atoms with Gasteiger partial charge >= 0.3 is 0 Å². The summed E-state index contributed by atoms with van der Waals surface area (Å²) in [5.41, 5.74) is 1.90. The summed E-state index contributed by atoms with van der Waals surface area (Å²) < 4.78 is 5.27. The fourth-order valence-electron chi connectivity index (χ4n) is 3.75. The van der Waals surface area contributed by atoms with Crippen molar-refractivity contribution >= 4 is 34.8 Å². The van der Waals surface area contributed by atoms with Crippen molar-refractivity contribution in [3.05, 3.63) is 48.5 Å². The molecule has 3 rings (SSSR count). The van der Waals surface area contributed by atoms with Gasteiger partial charge in [0.15, 0.2) is 13.1 Å². The third-order valence-electron chi connectivity index (χ3n) is 5.32. The van der Waals surface area contributed by atoms with Gasteiger partial charge in [0.1, 0.15) is 5.75 Å². The van der Waals surface area contributed by atoms with Crippen LogP contribution >= 0.6 is 0 Å². The van der Waals surface area contributed by atoms with E-state index in [1.165, 1.54) is 0 Å². The molecular formula is C23H29N4O4+. The first-order chi connectivity index (χ1) is 14.9. The van der Waals surface area contributed by atoms with Crippen LogP contribution in [0.4, 0.5) is 17.1 Å². The Hall–Kier alpha value is -3.39.